The van der Waals surface area contributed by atoms with Crippen molar-refractivity contribution in [3.63, 3.8) is 0 Å². The topological polar surface area (TPSA) is 114 Å². The highest BCUT2D eigenvalue weighted by molar-refractivity contribution is 7.93. The van der Waals surface area contributed by atoms with Gasteiger partial charge in [0, 0.05) is 29.4 Å². The number of carbonyl (C=O) groups is 2. The van der Waals surface area contributed by atoms with E-state index < -0.39 is 21.9 Å². The number of hydrogen-bond acceptors (Lipinski definition) is 7. The Morgan fingerprint density at radius 2 is 1.96 bits per heavy atom. The van der Waals surface area contributed by atoms with Gasteiger partial charge in [-0.1, -0.05) is 0 Å². The molecule has 25 heavy (non-hydrogen) atoms. The van der Waals surface area contributed by atoms with Crippen LogP contribution in [-0.2, 0) is 24.3 Å². The molecule has 0 aliphatic rings. The number of hydrogen-bond donors (Lipinski definition) is 2. The third kappa shape index (κ3) is 5.69. The highest BCUT2D eigenvalue weighted by atomic mass is 32.2. The average molecular weight is 381 g/mol. The van der Waals surface area contributed by atoms with E-state index in [1.807, 2.05) is 0 Å². The smallest absolute Gasteiger partial charge is 0.330 e. The van der Waals surface area contributed by atoms with Gasteiger partial charge in [-0.3, -0.25) is 9.52 Å². The Bertz CT molecular complexity index is 859. The molecule has 2 aromatic rings. The van der Waals surface area contributed by atoms with Crippen LogP contribution in [0.15, 0.2) is 52.9 Å². The van der Waals surface area contributed by atoms with Gasteiger partial charge in [0.2, 0.25) is 5.91 Å². The molecule has 0 bridgehead atoms. The Labute approximate surface area is 148 Å². The van der Waals surface area contributed by atoms with Gasteiger partial charge < -0.3 is 10.1 Å². The van der Waals surface area contributed by atoms with Gasteiger partial charge in [-0.25, -0.2) is 18.2 Å². The molecule has 0 unspecified atom stereocenters. The lowest BCUT2D eigenvalue weighted by atomic mass is 10.3. The predicted octanol–water partition coefficient (Wildman–Crippen LogP) is 2.00. The van der Waals surface area contributed by atoms with Crippen molar-refractivity contribution in [3.05, 3.63) is 48.0 Å². The van der Waals surface area contributed by atoms with Crippen molar-refractivity contribution in [2.45, 2.75) is 11.8 Å². The molecule has 0 aliphatic carbocycles. The fraction of sp³-hybridized carbons (Fsp3) is 0.133. The van der Waals surface area contributed by atoms with Crippen LogP contribution in [0.1, 0.15) is 6.92 Å². The highest BCUT2D eigenvalue weighted by Gasteiger charge is 2.15. The monoisotopic (exact) mass is 381 g/mol. The van der Waals surface area contributed by atoms with Crippen LogP contribution in [0.3, 0.4) is 0 Å². The van der Waals surface area contributed by atoms with E-state index in [9.17, 15) is 18.0 Å². The van der Waals surface area contributed by atoms with Crippen molar-refractivity contribution >= 4 is 44.1 Å². The summed E-state index contributed by atoms with van der Waals surface area (Å²) in [5.74, 6) is -1.16. The number of rotatable bonds is 7. The number of ether oxygens (including phenoxy) is 1. The Balaban J connectivity index is 2.00. The summed E-state index contributed by atoms with van der Waals surface area (Å²) >= 11 is 1.16. The van der Waals surface area contributed by atoms with E-state index in [0.717, 1.165) is 23.5 Å². The zero-order valence-electron chi connectivity index (χ0n) is 13.1. The molecule has 1 heterocycles. The van der Waals surface area contributed by atoms with Crippen molar-refractivity contribution in [3.8, 4) is 0 Å². The molecule has 132 valence electrons. The van der Waals surface area contributed by atoms with Gasteiger partial charge in [0.1, 0.15) is 0 Å². The summed E-state index contributed by atoms with van der Waals surface area (Å²) in [6.07, 6.45) is 3.53. The molecule has 1 aromatic heterocycles. The summed E-state index contributed by atoms with van der Waals surface area (Å²) in [6, 6.07) is 5.57. The molecule has 8 nitrogen and oxygen atoms in total. The molecule has 10 heteroatoms. The van der Waals surface area contributed by atoms with Crippen LogP contribution in [-0.4, -0.2) is 31.9 Å². The molecule has 0 fully saturated rings. The third-order valence-electron chi connectivity index (χ3n) is 2.74. The minimum absolute atomic E-state index is 0.0303. The molecule has 1 amide bonds. The number of nitrogens with zero attached hydrogens (tertiary/aromatic N) is 1. The van der Waals surface area contributed by atoms with Crippen LogP contribution in [0.25, 0.3) is 0 Å². The lowest BCUT2D eigenvalue weighted by molar-refractivity contribution is -0.137. The first kappa shape index (κ1) is 18.6. The van der Waals surface area contributed by atoms with Gasteiger partial charge in [-0.05, 0) is 31.2 Å². The fourth-order valence-electron chi connectivity index (χ4n) is 1.68. The molecule has 0 radical (unpaired) electrons. The van der Waals surface area contributed by atoms with Crippen LogP contribution in [0.4, 0.5) is 10.8 Å². The Morgan fingerprint density at radius 1 is 1.24 bits per heavy atom. The molecule has 2 rings (SSSR count). The molecule has 0 atom stereocenters. The standard InChI is InChI=1S/C15H15N3O5S2/c1-2-23-14(20)8-7-13(19)17-11-3-5-12(6-4-11)25(21,22)18-15-16-9-10-24-15/h3-10H,2H2,1H3,(H,16,18)(H,17,19). The second kappa shape index (κ2) is 8.40. The van der Waals surface area contributed by atoms with Gasteiger partial charge in [-0.2, -0.15) is 0 Å². The van der Waals surface area contributed by atoms with Gasteiger partial charge in [-0.15, -0.1) is 11.3 Å². The molecule has 0 spiro atoms. The van der Waals surface area contributed by atoms with E-state index in [1.54, 1.807) is 12.3 Å². The van der Waals surface area contributed by atoms with Crippen molar-refractivity contribution in [1.82, 2.24) is 4.98 Å². The van der Waals surface area contributed by atoms with Crippen LogP contribution >= 0.6 is 11.3 Å². The van der Waals surface area contributed by atoms with Crippen LogP contribution in [0, 0.1) is 0 Å². The first-order valence-corrected chi connectivity index (χ1v) is 9.45. The molecule has 0 aliphatic heterocycles. The lowest BCUT2D eigenvalue weighted by Crippen LogP contribution is -2.13. The second-order valence-corrected chi connectivity index (χ2v) is 7.12. The number of thiazole rings is 1. The van der Waals surface area contributed by atoms with Gasteiger partial charge in [0.25, 0.3) is 10.0 Å². The number of esters is 1. The zero-order valence-corrected chi connectivity index (χ0v) is 14.8. The van der Waals surface area contributed by atoms with Crippen molar-refractivity contribution in [2.75, 3.05) is 16.6 Å². The lowest BCUT2D eigenvalue weighted by Gasteiger charge is -2.07. The predicted molar refractivity (Wildman–Crippen MR) is 93.8 cm³/mol. The van der Waals surface area contributed by atoms with Crippen molar-refractivity contribution in [2.24, 2.45) is 0 Å². The largest absolute Gasteiger partial charge is 0.463 e. The number of nitrogens with one attached hydrogen (secondary N) is 2. The molecule has 1 aromatic carbocycles. The van der Waals surface area contributed by atoms with Crippen LogP contribution < -0.4 is 10.0 Å². The van der Waals surface area contributed by atoms with E-state index in [1.165, 1.54) is 30.5 Å². The summed E-state index contributed by atoms with van der Waals surface area (Å²) in [7, 11) is -3.75. The first-order valence-electron chi connectivity index (χ1n) is 7.09. The number of carbonyl (C=O) groups excluding carboxylic acids is 2. The Morgan fingerprint density at radius 3 is 2.56 bits per heavy atom. The maximum Gasteiger partial charge on any atom is 0.330 e. The van der Waals surface area contributed by atoms with E-state index in [4.69, 9.17) is 0 Å². The summed E-state index contributed by atoms with van der Waals surface area (Å²) in [6.45, 7) is 1.88. The number of amides is 1. The second-order valence-electron chi connectivity index (χ2n) is 4.54. The van der Waals surface area contributed by atoms with Crippen LogP contribution in [0.5, 0.6) is 0 Å². The maximum atomic E-state index is 12.2. The minimum Gasteiger partial charge on any atom is -0.463 e. The Kier molecular flexibility index (Phi) is 6.25. The quantitative estimate of drug-likeness (QED) is 0.560. The minimum atomic E-state index is -3.75. The number of anilines is 2. The van der Waals surface area contributed by atoms with E-state index >= 15 is 0 Å². The first-order chi connectivity index (χ1) is 11.9. The summed E-state index contributed by atoms with van der Waals surface area (Å²) in [5, 5.41) is 4.42. The number of aromatic nitrogens is 1. The SMILES string of the molecule is CCOC(=O)C=CC(=O)Nc1ccc(S(=O)(=O)Nc2nccs2)cc1. The van der Waals surface area contributed by atoms with Crippen molar-refractivity contribution < 1.29 is 22.7 Å². The molecule has 0 saturated carbocycles. The highest BCUT2D eigenvalue weighted by Crippen LogP contribution is 2.19. The average Bonchev–Trinajstić information content (AvgIpc) is 3.06. The summed E-state index contributed by atoms with van der Waals surface area (Å²) < 4.78 is 31.4. The van der Waals surface area contributed by atoms with Gasteiger partial charge >= 0.3 is 5.97 Å². The molecule has 2 N–H and O–H groups in total. The fourth-order valence-corrected chi connectivity index (χ4v) is 3.47. The van der Waals surface area contributed by atoms with E-state index in [2.05, 4.69) is 19.8 Å². The molecular formula is C15H15N3O5S2. The van der Waals surface area contributed by atoms with E-state index in [0.29, 0.717) is 5.69 Å². The summed E-state index contributed by atoms with van der Waals surface area (Å²) in [4.78, 5) is 26.7. The van der Waals surface area contributed by atoms with E-state index in [-0.39, 0.29) is 16.6 Å². The number of sulfonamides is 1. The van der Waals surface area contributed by atoms with Crippen molar-refractivity contribution in [1.29, 1.82) is 0 Å². The molecule has 0 saturated heterocycles. The molecular weight excluding hydrogens is 366 g/mol. The van der Waals surface area contributed by atoms with Gasteiger partial charge in [0.15, 0.2) is 5.13 Å². The number of benzene rings is 1. The zero-order chi connectivity index (χ0) is 18.3. The maximum absolute atomic E-state index is 12.2. The normalized spacial score (nSPS) is 11.2. The van der Waals surface area contributed by atoms with Crippen LogP contribution in [0.2, 0.25) is 0 Å². The summed E-state index contributed by atoms with van der Waals surface area (Å²) in [5.41, 5.74) is 0.381. The Hall–Kier alpha value is -2.72. The van der Waals surface area contributed by atoms with Gasteiger partial charge in [0.05, 0.1) is 11.5 Å². The third-order valence-corrected chi connectivity index (χ3v) is 4.92.